The van der Waals surface area contributed by atoms with E-state index in [2.05, 4.69) is 6.92 Å². The zero-order chi connectivity index (χ0) is 13.8. The summed E-state index contributed by atoms with van der Waals surface area (Å²) in [7, 11) is 0. The summed E-state index contributed by atoms with van der Waals surface area (Å²) in [6.07, 6.45) is 0.996. The highest BCUT2D eigenvalue weighted by molar-refractivity contribution is 5.95. The predicted octanol–water partition coefficient (Wildman–Crippen LogP) is 3.83. The third kappa shape index (κ3) is 3.13. The van der Waals surface area contributed by atoms with E-state index in [0.717, 1.165) is 12.2 Å². The number of carbonyl (C=O) groups excluding carboxylic acids is 1. The standard InChI is InChI=1S/C16H17NO2/c1-3-12-4-7-14(8-5-12)19-16-9-6-13(11(2)18)10-15(16)17/h4-10H,3,17H2,1-2H3. The van der Waals surface area contributed by atoms with Crippen molar-refractivity contribution in [3.05, 3.63) is 53.6 Å². The Morgan fingerprint density at radius 3 is 2.37 bits per heavy atom. The van der Waals surface area contributed by atoms with E-state index in [-0.39, 0.29) is 5.78 Å². The van der Waals surface area contributed by atoms with Gasteiger partial charge in [-0.15, -0.1) is 0 Å². The molecular formula is C16H17NO2. The lowest BCUT2D eigenvalue weighted by Gasteiger charge is -2.09. The third-order valence-corrected chi connectivity index (χ3v) is 2.98. The van der Waals surface area contributed by atoms with Crippen LogP contribution in [0.4, 0.5) is 5.69 Å². The fourth-order valence-corrected chi connectivity index (χ4v) is 1.78. The van der Waals surface area contributed by atoms with E-state index in [1.807, 2.05) is 24.3 Å². The van der Waals surface area contributed by atoms with Crippen LogP contribution in [0.3, 0.4) is 0 Å². The Balaban J connectivity index is 2.20. The lowest BCUT2D eigenvalue weighted by atomic mass is 10.1. The number of hydrogen-bond acceptors (Lipinski definition) is 3. The molecule has 0 amide bonds. The number of ketones is 1. The second-order valence-electron chi connectivity index (χ2n) is 4.41. The summed E-state index contributed by atoms with van der Waals surface area (Å²) in [5.74, 6) is 1.29. The Bertz CT molecular complexity index is 588. The van der Waals surface area contributed by atoms with Crippen LogP contribution >= 0.6 is 0 Å². The monoisotopic (exact) mass is 255 g/mol. The minimum absolute atomic E-state index is 0.00875. The molecule has 0 atom stereocenters. The number of nitrogen functional groups attached to an aromatic ring is 1. The van der Waals surface area contributed by atoms with E-state index in [1.54, 1.807) is 18.2 Å². The lowest BCUT2D eigenvalue weighted by molar-refractivity contribution is 0.101. The number of Topliss-reactive ketones (excluding diaryl/α,β-unsaturated/α-hetero) is 1. The largest absolute Gasteiger partial charge is 0.455 e. The molecule has 3 heteroatoms. The highest BCUT2D eigenvalue weighted by atomic mass is 16.5. The van der Waals surface area contributed by atoms with Crippen molar-refractivity contribution in [2.45, 2.75) is 20.3 Å². The molecule has 0 aliphatic carbocycles. The van der Waals surface area contributed by atoms with E-state index in [4.69, 9.17) is 10.5 Å². The molecule has 0 spiro atoms. The SMILES string of the molecule is CCc1ccc(Oc2ccc(C(C)=O)cc2N)cc1. The van der Waals surface area contributed by atoms with Crippen molar-refractivity contribution in [1.82, 2.24) is 0 Å². The summed E-state index contributed by atoms with van der Waals surface area (Å²) in [5, 5.41) is 0. The van der Waals surface area contributed by atoms with Gasteiger partial charge in [-0.25, -0.2) is 0 Å². The first kappa shape index (κ1) is 13.1. The Kier molecular flexibility index (Phi) is 3.85. The Labute approximate surface area is 113 Å². The molecule has 0 aliphatic heterocycles. The number of nitrogens with two attached hydrogens (primary N) is 1. The summed E-state index contributed by atoms with van der Waals surface area (Å²) in [5.41, 5.74) is 8.20. The van der Waals surface area contributed by atoms with Crippen LogP contribution in [-0.4, -0.2) is 5.78 Å². The van der Waals surface area contributed by atoms with Crippen LogP contribution in [0.15, 0.2) is 42.5 Å². The summed E-state index contributed by atoms with van der Waals surface area (Å²) in [6, 6.07) is 12.9. The number of rotatable bonds is 4. The predicted molar refractivity (Wildman–Crippen MR) is 76.8 cm³/mol. The lowest BCUT2D eigenvalue weighted by Crippen LogP contribution is -1.97. The van der Waals surface area contributed by atoms with Crippen LogP contribution in [0, 0.1) is 0 Å². The van der Waals surface area contributed by atoms with Crippen molar-refractivity contribution in [3.63, 3.8) is 0 Å². The van der Waals surface area contributed by atoms with Crippen molar-refractivity contribution in [2.75, 3.05) is 5.73 Å². The molecule has 19 heavy (non-hydrogen) atoms. The van der Waals surface area contributed by atoms with Gasteiger partial charge in [-0.05, 0) is 49.2 Å². The number of ether oxygens (including phenoxy) is 1. The topological polar surface area (TPSA) is 52.3 Å². The quantitative estimate of drug-likeness (QED) is 0.667. The summed E-state index contributed by atoms with van der Waals surface area (Å²) in [6.45, 7) is 3.62. The summed E-state index contributed by atoms with van der Waals surface area (Å²) >= 11 is 0. The van der Waals surface area contributed by atoms with Gasteiger partial charge in [0.05, 0.1) is 5.69 Å². The Morgan fingerprint density at radius 2 is 1.84 bits per heavy atom. The van der Waals surface area contributed by atoms with Crippen LogP contribution < -0.4 is 10.5 Å². The number of anilines is 1. The molecule has 2 aromatic rings. The van der Waals surface area contributed by atoms with Crippen molar-refractivity contribution in [2.24, 2.45) is 0 Å². The molecule has 2 N–H and O–H groups in total. The van der Waals surface area contributed by atoms with Gasteiger partial charge in [-0.1, -0.05) is 19.1 Å². The normalized spacial score (nSPS) is 10.2. The maximum atomic E-state index is 11.2. The van der Waals surface area contributed by atoms with E-state index in [0.29, 0.717) is 17.0 Å². The first-order chi connectivity index (χ1) is 9.10. The van der Waals surface area contributed by atoms with E-state index in [9.17, 15) is 4.79 Å². The van der Waals surface area contributed by atoms with Crippen LogP contribution in [0.2, 0.25) is 0 Å². The molecule has 98 valence electrons. The second kappa shape index (κ2) is 5.57. The van der Waals surface area contributed by atoms with Crippen molar-refractivity contribution < 1.29 is 9.53 Å². The minimum Gasteiger partial charge on any atom is -0.455 e. The average Bonchev–Trinajstić information content (AvgIpc) is 2.41. The first-order valence-corrected chi connectivity index (χ1v) is 6.27. The molecule has 3 nitrogen and oxygen atoms in total. The number of benzene rings is 2. The Hall–Kier alpha value is -2.29. The number of aryl methyl sites for hydroxylation is 1. The van der Waals surface area contributed by atoms with Crippen molar-refractivity contribution in [3.8, 4) is 11.5 Å². The zero-order valence-corrected chi connectivity index (χ0v) is 11.1. The zero-order valence-electron chi connectivity index (χ0n) is 11.1. The van der Waals surface area contributed by atoms with Crippen LogP contribution in [0.5, 0.6) is 11.5 Å². The van der Waals surface area contributed by atoms with Crippen LogP contribution in [0.25, 0.3) is 0 Å². The van der Waals surface area contributed by atoms with Gasteiger partial charge >= 0.3 is 0 Å². The van der Waals surface area contributed by atoms with Crippen LogP contribution in [-0.2, 0) is 6.42 Å². The fourth-order valence-electron chi connectivity index (χ4n) is 1.78. The van der Waals surface area contributed by atoms with Gasteiger partial charge < -0.3 is 10.5 Å². The van der Waals surface area contributed by atoms with E-state index < -0.39 is 0 Å². The van der Waals surface area contributed by atoms with Gasteiger partial charge in [0.1, 0.15) is 11.5 Å². The number of hydrogen-bond donors (Lipinski definition) is 1. The molecule has 0 aliphatic rings. The first-order valence-electron chi connectivity index (χ1n) is 6.27. The summed E-state index contributed by atoms with van der Waals surface area (Å²) < 4.78 is 5.71. The highest BCUT2D eigenvalue weighted by Gasteiger charge is 2.06. The number of carbonyl (C=O) groups is 1. The van der Waals surface area contributed by atoms with Gasteiger partial charge in [0, 0.05) is 5.56 Å². The fraction of sp³-hybridized carbons (Fsp3) is 0.188. The smallest absolute Gasteiger partial charge is 0.159 e. The Morgan fingerprint density at radius 1 is 1.16 bits per heavy atom. The molecule has 2 rings (SSSR count). The average molecular weight is 255 g/mol. The molecule has 0 bridgehead atoms. The van der Waals surface area contributed by atoms with Gasteiger partial charge in [-0.3, -0.25) is 4.79 Å². The van der Waals surface area contributed by atoms with E-state index >= 15 is 0 Å². The third-order valence-electron chi connectivity index (χ3n) is 2.98. The molecule has 0 saturated heterocycles. The van der Waals surface area contributed by atoms with Gasteiger partial charge in [0.15, 0.2) is 5.78 Å². The van der Waals surface area contributed by atoms with Crippen molar-refractivity contribution >= 4 is 11.5 Å². The second-order valence-corrected chi connectivity index (χ2v) is 4.41. The molecule has 2 aromatic carbocycles. The molecule has 0 unspecified atom stereocenters. The highest BCUT2D eigenvalue weighted by Crippen LogP contribution is 2.28. The molecular weight excluding hydrogens is 238 g/mol. The molecule has 0 aromatic heterocycles. The van der Waals surface area contributed by atoms with Gasteiger partial charge in [0.2, 0.25) is 0 Å². The molecule has 0 fully saturated rings. The maximum Gasteiger partial charge on any atom is 0.159 e. The minimum atomic E-state index is -0.00875. The van der Waals surface area contributed by atoms with Gasteiger partial charge in [0.25, 0.3) is 0 Å². The maximum absolute atomic E-state index is 11.2. The molecule has 0 radical (unpaired) electrons. The molecule has 0 saturated carbocycles. The van der Waals surface area contributed by atoms with Crippen molar-refractivity contribution in [1.29, 1.82) is 0 Å². The van der Waals surface area contributed by atoms with Crippen LogP contribution in [0.1, 0.15) is 29.8 Å². The summed E-state index contributed by atoms with van der Waals surface area (Å²) in [4.78, 5) is 11.2. The van der Waals surface area contributed by atoms with Gasteiger partial charge in [-0.2, -0.15) is 0 Å². The van der Waals surface area contributed by atoms with E-state index in [1.165, 1.54) is 12.5 Å². The molecule has 0 heterocycles.